The largest absolute Gasteiger partial charge is 0.497 e. The molecule has 1 saturated carbocycles. The predicted octanol–water partition coefficient (Wildman–Crippen LogP) is 4.28. The van der Waals surface area contributed by atoms with Crippen LogP contribution in [0.2, 0.25) is 5.02 Å². The van der Waals surface area contributed by atoms with E-state index in [1.807, 2.05) is 53.4 Å². The van der Waals surface area contributed by atoms with Crippen LogP contribution in [0, 0.1) is 5.92 Å². The molecular weight excluding hydrogens is 376 g/mol. The Labute approximate surface area is 169 Å². The highest BCUT2D eigenvalue weighted by atomic mass is 35.5. The smallest absolute Gasteiger partial charge is 0.226 e. The van der Waals surface area contributed by atoms with E-state index in [0.717, 1.165) is 35.4 Å². The third-order valence-corrected chi connectivity index (χ3v) is 5.51. The van der Waals surface area contributed by atoms with Gasteiger partial charge in [-0.05, 0) is 54.3 Å². The fourth-order valence-corrected chi connectivity index (χ4v) is 3.57. The van der Waals surface area contributed by atoms with E-state index >= 15 is 0 Å². The van der Waals surface area contributed by atoms with E-state index in [4.69, 9.17) is 21.2 Å². The van der Waals surface area contributed by atoms with Crippen molar-refractivity contribution >= 4 is 23.2 Å². The van der Waals surface area contributed by atoms with Crippen LogP contribution in [0.15, 0.2) is 53.7 Å². The molecule has 2 aromatic carbocycles. The van der Waals surface area contributed by atoms with Gasteiger partial charge in [-0.15, -0.1) is 0 Å². The number of carbonyl (C=O) groups is 1. The summed E-state index contributed by atoms with van der Waals surface area (Å²) >= 11 is 6.31. The van der Waals surface area contributed by atoms with Gasteiger partial charge in [0.15, 0.2) is 6.10 Å². The van der Waals surface area contributed by atoms with Crippen LogP contribution in [-0.2, 0) is 16.2 Å². The zero-order chi connectivity index (χ0) is 19.5. The second-order valence-electron chi connectivity index (χ2n) is 7.28. The molecule has 1 amide bonds. The van der Waals surface area contributed by atoms with Crippen LogP contribution in [0.1, 0.15) is 30.4 Å². The van der Waals surface area contributed by atoms with Crippen LogP contribution in [0.3, 0.4) is 0 Å². The van der Waals surface area contributed by atoms with Crippen molar-refractivity contribution in [3.05, 3.63) is 64.7 Å². The molecule has 1 atom stereocenters. The Hall–Kier alpha value is -2.53. The molecule has 1 aliphatic carbocycles. The lowest BCUT2D eigenvalue weighted by Crippen LogP contribution is -2.38. The highest BCUT2D eigenvalue weighted by Gasteiger charge is 2.35. The molecule has 28 heavy (non-hydrogen) atoms. The molecular formula is C22H23ClN2O3. The maximum Gasteiger partial charge on any atom is 0.226 e. The Kier molecular flexibility index (Phi) is 5.53. The summed E-state index contributed by atoms with van der Waals surface area (Å²) in [5, 5.41) is 4.93. The van der Waals surface area contributed by atoms with Gasteiger partial charge in [0.05, 0.1) is 19.4 Å². The quantitative estimate of drug-likeness (QED) is 0.699. The van der Waals surface area contributed by atoms with Gasteiger partial charge in [0, 0.05) is 23.9 Å². The van der Waals surface area contributed by atoms with Gasteiger partial charge in [-0.3, -0.25) is 4.79 Å². The molecule has 0 N–H and O–H groups in total. The summed E-state index contributed by atoms with van der Waals surface area (Å²) in [4.78, 5) is 20.3. The lowest BCUT2D eigenvalue weighted by molar-refractivity contribution is -0.135. The van der Waals surface area contributed by atoms with Crippen molar-refractivity contribution < 1.29 is 14.4 Å². The number of nitrogens with zero attached hydrogens (tertiary/aromatic N) is 2. The molecule has 0 unspecified atom stereocenters. The summed E-state index contributed by atoms with van der Waals surface area (Å²) in [7, 11) is 1.64. The van der Waals surface area contributed by atoms with E-state index < -0.39 is 0 Å². The molecule has 2 aliphatic rings. The summed E-state index contributed by atoms with van der Waals surface area (Å²) in [5.74, 6) is 1.13. The van der Waals surface area contributed by atoms with Gasteiger partial charge in [-0.2, -0.15) is 0 Å². The lowest BCUT2D eigenvalue weighted by atomic mass is 10.0. The minimum atomic E-state index is -0.151. The molecule has 5 nitrogen and oxygen atoms in total. The van der Waals surface area contributed by atoms with E-state index in [1.165, 1.54) is 0 Å². The number of ether oxygens (including phenoxy) is 1. The van der Waals surface area contributed by atoms with Crippen LogP contribution in [0.25, 0.3) is 0 Å². The van der Waals surface area contributed by atoms with Crippen LogP contribution in [0.5, 0.6) is 5.75 Å². The maximum atomic E-state index is 12.8. The minimum Gasteiger partial charge on any atom is -0.497 e. The van der Waals surface area contributed by atoms with Crippen molar-refractivity contribution in [1.82, 2.24) is 4.90 Å². The first-order valence-corrected chi connectivity index (χ1v) is 9.91. The van der Waals surface area contributed by atoms with Crippen LogP contribution < -0.4 is 4.74 Å². The van der Waals surface area contributed by atoms with Crippen LogP contribution in [0.4, 0.5) is 0 Å². The first-order chi connectivity index (χ1) is 13.6. The monoisotopic (exact) mass is 398 g/mol. The van der Waals surface area contributed by atoms with E-state index in [2.05, 4.69) is 5.16 Å². The topological polar surface area (TPSA) is 51.1 Å². The molecule has 0 spiro atoms. The normalized spacial score (nSPS) is 18.4. The number of carbonyl (C=O) groups excluding carboxylic acids is 1. The van der Waals surface area contributed by atoms with E-state index in [9.17, 15) is 4.79 Å². The number of benzene rings is 2. The van der Waals surface area contributed by atoms with E-state index in [1.54, 1.807) is 7.11 Å². The first kappa shape index (κ1) is 18.8. The summed E-state index contributed by atoms with van der Waals surface area (Å²) in [6.07, 6.45) is 2.46. The first-order valence-electron chi connectivity index (χ1n) is 9.53. The number of halogens is 1. The summed E-state index contributed by atoms with van der Waals surface area (Å²) in [6.45, 7) is 0.996. The molecule has 0 bridgehead atoms. The Morgan fingerprint density at radius 3 is 2.64 bits per heavy atom. The standard InChI is InChI=1S/C22H23ClN2O3/c1-27-18-10-8-15(9-11-18)21-12-19(28-24-21)14-25(22(26)16-6-7-16)13-17-4-2-3-5-20(17)23/h2-5,8-11,16,19H,6-7,12-14H2,1H3/t19-/m0/s1. The lowest BCUT2D eigenvalue weighted by Gasteiger charge is -2.25. The van der Waals surface area contributed by atoms with Gasteiger partial charge < -0.3 is 14.5 Å². The molecule has 2 aromatic rings. The number of hydrogen-bond acceptors (Lipinski definition) is 4. The van der Waals surface area contributed by atoms with Crippen molar-refractivity contribution in [3.63, 3.8) is 0 Å². The second kappa shape index (κ2) is 8.23. The van der Waals surface area contributed by atoms with Crippen molar-refractivity contribution in [3.8, 4) is 5.75 Å². The third-order valence-electron chi connectivity index (χ3n) is 5.14. The second-order valence-corrected chi connectivity index (χ2v) is 7.69. The Bertz CT molecular complexity index is 878. The van der Waals surface area contributed by atoms with E-state index in [-0.39, 0.29) is 17.9 Å². The van der Waals surface area contributed by atoms with Crippen molar-refractivity contribution in [1.29, 1.82) is 0 Å². The highest BCUT2D eigenvalue weighted by molar-refractivity contribution is 6.31. The Morgan fingerprint density at radius 1 is 1.21 bits per heavy atom. The molecule has 1 heterocycles. The summed E-state index contributed by atoms with van der Waals surface area (Å²) in [6, 6.07) is 15.4. The van der Waals surface area contributed by atoms with Gasteiger partial charge in [0.2, 0.25) is 5.91 Å². The molecule has 6 heteroatoms. The third kappa shape index (κ3) is 4.30. The molecule has 4 rings (SSSR count). The summed E-state index contributed by atoms with van der Waals surface area (Å²) in [5.41, 5.74) is 2.85. The molecule has 0 aromatic heterocycles. The zero-order valence-electron chi connectivity index (χ0n) is 15.8. The molecule has 1 fully saturated rings. The average Bonchev–Trinajstić information content (AvgIpc) is 3.47. The van der Waals surface area contributed by atoms with Gasteiger partial charge in [0.25, 0.3) is 0 Å². The van der Waals surface area contributed by atoms with E-state index in [0.29, 0.717) is 24.5 Å². The van der Waals surface area contributed by atoms with Crippen LogP contribution in [-0.4, -0.2) is 36.3 Å². The fourth-order valence-electron chi connectivity index (χ4n) is 3.38. The number of amides is 1. The van der Waals surface area contributed by atoms with Crippen molar-refractivity contribution in [2.45, 2.75) is 31.9 Å². The minimum absolute atomic E-state index is 0.144. The average molecular weight is 399 g/mol. The Balaban J connectivity index is 1.42. The Morgan fingerprint density at radius 2 is 1.96 bits per heavy atom. The van der Waals surface area contributed by atoms with Crippen LogP contribution >= 0.6 is 11.6 Å². The zero-order valence-corrected chi connectivity index (χ0v) is 16.6. The maximum absolute atomic E-state index is 12.8. The molecule has 146 valence electrons. The highest BCUT2D eigenvalue weighted by Crippen LogP contribution is 2.32. The number of methoxy groups -OCH3 is 1. The van der Waals surface area contributed by atoms with Gasteiger partial charge in [-0.1, -0.05) is 35.0 Å². The molecule has 0 saturated heterocycles. The predicted molar refractivity (Wildman–Crippen MR) is 109 cm³/mol. The van der Waals surface area contributed by atoms with Gasteiger partial charge in [0.1, 0.15) is 5.75 Å². The molecule has 1 aliphatic heterocycles. The number of oxime groups is 1. The van der Waals surface area contributed by atoms with Gasteiger partial charge >= 0.3 is 0 Å². The SMILES string of the molecule is COc1ccc(C2=NO[C@H](CN(Cc3ccccc3Cl)C(=O)C3CC3)C2)cc1. The van der Waals surface area contributed by atoms with Crippen molar-refractivity contribution in [2.75, 3.05) is 13.7 Å². The summed E-state index contributed by atoms with van der Waals surface area (Å²) < 4.78 is 5.20. The number of hydrogen-bond donors (Lipinski definition) is 0. The van der Waals surface area contributed by atoms with Crippen molar-refractivity contribution in [2.24, 2.45) is 11.1 Å². The number of rotatable bonds is 7. The fraction of sp³-hybridized carbons (Fsp3) is 0.364. The molecule has 0 radical (unpaired) electrons. The van der Waals surface area contributed by atoms with Gasteiger partial charge in [-0.25, -0.2) is 0 Å².